The van der Waals surface area contributed by atoms with Gasteiger partial charge in [-0.05, 0) is 12.8 Å². The zero-order valence-corrected chi connectivity index (χ0v) is 22.1. The smallest absolute Gasteiger partial charge is 0.433 e. The van der Waals surface area contributed by atoms with Crippen molar-refractivity contribution in [2.45, 2.75) is 116 Å². The highest BCUT2D eigenvalue weighted by Gasteiger charge is 2.34. The van der Waals surface area contributed by atoms with Gasteiger partial charge in [-0.25, -0.2) is 9.59 Å². The third-order valence-electron chi connectivity index (χ3n) is 6.32. The van der Waals surface area contributed by atoms with Crippen molar-refractivity contribution in [2.75, 3.05) is 13.2 Å². The third-order valence-corrected chi connectivity index (χ3v) is 6.32. The van der Waals surface area contributed by atoms with Crippen LogP contribution in [0.2, 0.25) is 0 Å². The maximum atomic E-state index is 11.5. The summed E-state index contributed by atoms with van der Waals surface area (Å²) in [7, 11) is 0. The molecule has 0 aromatic heterocycles. The van der Waals surface area contributed by atoms with Gasteiger partial charge in [0.05, 0.1) is 13.2 Å². The van der Waals surface area contributed by atoms with Crippen molar-refractivity contribution in [2.24, 2.45) is 0 Å². The van der Waals surface area contributed by atoms with Crippen molar-refractivity contribution in [3.05, 3.63) is 0 Å². The topological polar surface area (TPSA) is 146 Å². The highest BCUT2D eigenvalue weighted by Crippen LogP contribution is 2.15. The number of hydrogen-bond acceptors (Lipinski definition) is 10. The van der Waals surface area contributed by atoms with Crippen LogP contribution in [-0.2, 0) is 38.3 Å². The Bertz CT molecular complexity index is 718. The predicted octanol–water partition coefficient (Wildman–Crippen LogP) is 4.88. The van der Waals surface area contributed by atoms with E-state index in [4.69, 9.17) is 9.47 Å². The number of unbranched alkanes of at least 4 members (excludes halogenated alkanes) is 13. The second-order valence-corrected chi connectivity index (χ2v) is 9.49. The van der Waals surface area contributed by atoms with E-state index in [0.717, 1.165) is 38.5 Å². The van der Waals surface area contributed by atoms with E-state index in [-0.39, 0.29) is 38.9 Å². The molecule has 0 saturated carbocycles. The molecule has 0 radical (unpaired) electrons. The summed E-state index contributed by atoms with van der Waals surface area (Å²) in [6, 6.07) is 0. The fourth-order valence-corrected chi connectivity index (χ4v) is 4.15. The Morgan fingerprint density at radius 1 is 0.447 bits per heavy atom. The van der Waals surface area contributed by atoms with Gasteiger partial charge in [0.2, 0.25) is 0 Å². The second kappa shape index (κ2) is 18.1. The Morgan fingerprint density at radius 3 is 0.947 bits per heavy atom. The Kier molecular flexibility index (Phi) is 14.8. The summed E-state index contributed by atoms with van der Waals surface area (Å²) in [4.78, 5) is 77.7. The molecule has 4 amide bonds. The maximum Gasteiger partial charge on any atom is 0.533 e. The highest BCUT2D eigenvalue weighted by atomic mass is 16.8. The van der Waals surface area contributed by atoms with Crippen molar-refractivity contribution in [3.63, 3.8) is 0 Å². The number of nitrogens with zero attached hydrogens (tertiary/aromatic N) is 2. The van der Waals surface area contributed by atoms with Crippen LogP contribution in [0, 0.1) is 0 Å². The third kappa shape index (κ3) is 12.4. The Morgan fingerprint density at radius 2 is 0.684 bits per heavy atom. The first kappa shape index (κ1) is 31.0. The quantitative estimate of drug-likeness (QED) is 0.126. The fraction of sp³-hybridized carbons (Fsp3) is 0.769. The van der Waals surface area contributed by atoms with Crippen molar-refractivity contribution in [1.29, 1.82) is 0 Å². The standard InChI is InChI=1S/C26H40N2O10/c29-21-15-16-22(30)27(21)37-25(33)35-19-13-11-9-7-5-3-1-2-4-6-8-10-12-14-20-36-26(34)38-28-23(31)17-18-24(28)32/h1-20H2. The average molecular weight is 541 g/mol. The summed E-state index contributed by atoms with van der Waals surface area (Å²) in [6.45, 7) is 0.412. The highest BCUT2D eigenvalue weighted by molar-refractivity contribution is 6.01. The lowest BCUT2D eigenvalue weighted by molar-refractivity contribution is -0.177. The SMILES string of the molecule is O=C(OCCCCCCCCCCCCCCCCOC(=O)ON1C(=O)CCC1=O)ON1C(=O)CCC1=O. The van der Waals surface area contributed by atoms with Gasteiger partial charge in [-0.3, -0.25) is 28.9 Å². The molecule has 0 aromatic rings. The van der Waals surface area contributed by atoms with Crippen LogP contribution in [0.15, 0.2) is 0 Å². The van der Waals surface area contributed by atoms with Crippen LogP contribution in [0.4, 0.5) is 9.59 Å². The first-order valence-electron chi connectivity index (χ1n) is 13.8. The van der Waals surface area contributed by atoms with Crippen LogP contribution in [0.3, 0.4) is 0 Å². The molecule has 38 heavy (non-hydrogen) atoms. The van der Waals surface area contributed by atoms with Crippen LogP contribution in [0.1, 0.15) is 116 Å². The van der Waals surface area contributed by atoms with Crippen LogP contribution < -0.4 is 0 Å². The molecule has 0 bridgehead atoms. The Hall–Kier alpha value is -3.18. The molecular formula is C26H40N2O10. The van der Waals surface area contributed by atoms with E-state index in [0.29, 0.717) is 23.0 Å². The summed E-state index contributed by atoms with van der Waals surface area (Å²) in [5.41, 5.74) is 0. The maximum absolute atomic E-state index is 11.5. The van der Waals surface area contributed by atoms with Crippen LogP contribution in [-0.4, -0.2) is 59.3 Å². The number of hydrogen-bond donors (Lipinski definition) is 0. The van der Waals surface area contributed by atoms with E-state index in [1.807, 2.05) is 0 Å². The largest absolute Gasteiger partial charge is 0.533 e. The molecule has 214 valence electrons. The molecule has 0 N–H and O–H groups in total. The van der Waals surface area contributed by atoms with Gasteiger partial charge >= 0.3 is 12.3 Å². The second-order valence-electron chi connectivity index (χ2n) is 9.49. The van der Waals surface area contributed by atoms with Crippen LogP contribution >= 0.6 is 0 Å². The number of ether oxygens (including phenoxy) is 2. The minimum atomic E-state index is -1.02. The lowest BCUT2D eigenvalue weighted by Gasteiger charge is -2.12. The predicted molar refractivity (Wildman–Crippen MR) is 132 cm³/mol. The van der Waals surface area contributed by atoms with Gasteiger partial charge in [0.1, 0.15) is 0 Å². The van der Waals surface area contributed by atoms with Gasteiger partial charge in [-0.2, -0.15) is 0 Å². The monoisotopic (exact) mass is 540 g/mol. The van der Waals surface area contributed by atoms with Crippen molar-refractivity contribution < 1.29 is 47.9 Å². The summed E-state index contributed by atoms with van der Waals surface area (Å²) in [5.74, 6) is -2.09. The minimum Gasteiger partial charge on any atom is -0.433 e. The first-order valence-corrected chi connectivity index (χ1v) is 13.8. The number of amides is 4. The molecule has 2 fully saturated rings. The normalized spacial score (nSPS) is 15.4. The fourth-order valence-electron chi connectivity index (χ4n) is 4.15. The molecule has 2 heterocycles. The Balaban J connectivity index is 1.26. The molecule has 2 aliphatic rings. The molecule has 2 rings (SSSR count). The molecule has 2 aliphatic heterocycles. The molecule has 0 unspecified atom stereocenters. The molecular weight excluding hydrogens is 500 g/mol. The number of imide groups is 2. The Labute approximate surface area is 223 Å². The molecule has 0 aromatic carbocycles. The lowest BCUT2D eigenvalue weighted by Crippen LogP contribution is -2.32. The van der Waals surface area contributed by atoms with E-state index < -0.39 is 35.9 Å². The van der Waals surface area contributed by atoms with E-state index in [1.54, 1.807) is 0 Å². The van der Waals surface area contributed by atoms with Gasteiger partial charge in [0, 0.05) is 25.7 Å². The van der Waals surface area contributed by atoms with Crippen molar-refractivity contribution in [1.82, 2.24) is 10.1 Å². The lowest BCUT2D eigenvalue weighted by atomic mass is 10.0. The van der Waals surface area contributed by atoms with Gasteiger partial charge in [-0.15, -0.1) is 0 Å². The number of rotatable bonds is 19. The molecule has 0 aliphatic carbocycles. The van der Waals surface area contributed by atoms with Crippen LogP contribution in [0.5, 0.6) is 0 Å². The average Bonchev–Trinajstić information content (AvgIpc) is 3.38. The summed E-state index contributed by atoms with van der Waals surface area (Å²) in [5, 5.41) is 0.963. The summed E-state index contributed by atoms with van der Waals surface area (Å²) < 4.78 is 9.81. The van der Waals surface area contributed by atoms with E-state index >= 15 is 0 Å². The molecule has 0 spiro atoms. The zero-order valence-electron chi connectivity index (χ0n) is 22.1. The molecule has 0 atom stereocenters. The molecule has 12 nitrogen and oxygen atoms in total. The van der Waals surface area contributed by atoms with Gasteiger partial charge < -0.3 is 9.47 Å². The van der Waals surface area contributed by atoms with Gasteiger partial charge in [0.25, 0.3) is 23.6 Å². The first-order chi connectivity index (χ1) is 18.4. The minimum absolute atomic E-state index is 0.0581. The van der Waals surface area contributed by atoms with Gasteiger partial charge in [0.15, 0.2) is 0 Å². The summed E-state index contributed by atoms with van der Waals surface area (Å²) in [6.07, 6.45) is 13.2. The van der Waals surface area contributed by atoms with Crippen molar-refractivity contribution in [3.8, 4) is 0 Å². The van der Waals surface area contributed by atoms with Gasteiger partial charge in [-0.1, -0.05) is 87.2 Å². The number of carbonyl (C=O) groups excluding carboxylic acids is 6. The van der Waals surface area contributed by atoms with E-state index in [2.05, 4.69) is 9.68 Å². The van der Waals surface area contributed by atoms with Crippen molar-refractivity contribution >= 4 is 35.9 Å². The van der Waals surface area contributed by atoms with E-state index in [9.17, 15) is 28.8 Å². The molecule has 2 saturated heterocycles. The number of hydroxylamine groups is 4. The number of carbonyl (C=O) groups is 6. The zero-order chi connectivity index (χ0) is 27.6. The van der Waals surface area contributed by atoms with E-state index in [1.165, 1.54) is 38.5 Å². The summed E-state index contributed by atoms with van der Waals surface area (Å²) >= 11 is 0. The molecule has 12 heteroatoms. The van der Waals surface area contributed by atoms with Crippen LogP contribution in [0.25, 0.3) is 0 Å².